The number of benzene rings is 1. The lowest BCUT2D eigenvalue weighted by molar-refractivity contribution is 0.248. The number of fused-ring (bicyclic) bond motifs is 6. The lowest BCUT2D eigenvalue weighted by Gasteiger charge is -2.34. The van der Waals surface area contributed by atoms with Gasteiger partial charge in [-0.1, -0.05) is 25.5 Å². The van der Waals surface area contributed by atoms with Crippen LogP contribution in [0.4, 0.5) is 0 Å². The SMILES string of the molecule is CCC(Cn1c(=O)[nH]c2c(sc3ncccc32)c1=O)C1NC[C@H]2c3c(cccc3OC)CC[C@@H]12. The van der Waals surface area contributed by atoms with Crippen LogP contribution >= 0.6 is 11.3 Å². The van der Waals surface area contributed by atoms with Crippen molar-refractivity contribution in [2.75, 3.05) is 13.7 Å². The van der Waals surface area contributed by atoms with Crippen LogP contribution in [0.3, 0.4) is 0 Å². The first-order chi connectivity index (χ1) is 16.6. The van der Waals surface area contributed by atoms with Crippen LogP contribution in [0.2, 0.25) is 0 Å². The van der Waals surface area contributed by atoms with Crippen molar-refractivity contribution < 1.29 is 4.74 Å². The molecule has 0 radical (unpaired) electrons. The van der Waals surface area contributed by atoms with E-state index in [2.05, 4.69) is 40.4 Å². The highest BCUT2D eigenvalue weighted by molar-refractivity contribution is 7.25. The summed E-state index contributed by atoms with van der Waals surface area (Å²) in [6.07, 6.45) is 4.73. The van der Waals surface area contributed by atoms with E-state index >= 15 is 0 Å². The Kier molecular flexibility index (Phi) is 5.30. The normalized spacial score (nSPS) is 22.6. The molecule has 4 aromatic rings. The fourth-order valence-electron chi connectivity index (χ4n) is 6.25. The number of aromatic nitrogens is 3. The van der Waals surface area contributed by atoms with Gasteiger partial charge in [0.05, 0.1) is 12.6 Å². The molecule has 0 amide bonds. The van der Waals surface area contributed by atoms with Crippen LogP contribution in [0.25, 0.3) is 20.4 Å². The summed E-state index contributed by atoms with van der Waals surface area (Å²) in [5.74, 6) is 2.00. The van der Waals surface area contributed by atoms with Gasteiger partial charge in [0.15, 0.2) is 0 Å². The number of thiophene rings is 1. The molecule has 2 unspecified atom stereocenters. The Labute approximate surface area is 200 Å². The van der Waals surface area contributed by atoms with Gasteiger partial charge in [0.1, 0.15) is 15.3 Å². The predicted octanol–water partition coefficient (Wildman–Crippen LogP) is 3.65. The van der Waals surface area contributed by atoms with E-state index < -0.39 is 0 Å². The smallest absolute Gasteiger partial charge is 0.328 e. The molecule has 0 bridgehead atoms. The van der Waals surface area contributed by atoms with Crippen molar-refractivity contribution >= 4 is 31.8 Å². The van der Waals surface area contributed by atoms with Crippen LogP contribution in [0.5, 0.6) is 5.75 Å². The molecule has 1 aliphatic heterocycles. The number of hydrogen-bond donors (Lipinski definition) is 2. The van der Waals surface area contributed by atoms with Crippen LogP contribution in [-0.2, 0) is 13.0 Å². The third-order valence-electron chi connectivity index (χ3n) is 7.88. The molecule has 34 heavy (non-hydrogen) atoms. The van der Waals surface area contributed by atoms with Gasteiger partial charge in [-0.15, -0.1) is 11.3 Å². The second-order valence-corrected chi connectivity index (χ2v) is 10.5. The van der Waals surface area contributed by atoms with Crippen molar-refractivity contribution in [1.82, 2.24) is 19.9 Å². The van der Waals surface area contributed by atoms with Gasteiger partial charge in [0.25, 0.3) is 5.56 Å². The maximum atomic E-state index is 13.4. The molecule has 2 aliphatic rings. The van der Waals surface area contributed by atoms with E-state index in [1.807, 2.05) is 12.1 Å². The van der Waals surface area contributed by atoms with Crippen molar-refractivity contribution in [3.05, 3.63) is 68.5 Å². The van der Waals surface area contributed by atoms with Crippen molar-refractivity contribution in [2.24, 2.45) is 11.8 Å². The highest BCUT2D eigenvalue weighted by Gasteiger charge is 2.44. The van der Waals surface area contributed by atoms with E-state index in [0.29, 0.717) is 28.6 Å². The number of pyridine rings is 1. The molecule has 6 rings (SSSR count). The molecule has 4 atom stereocenters. The van der Waals surface area contributed by atoms with Gasteiger partial charge in [0, 0.05) is 42.2 Å². The first-order valence-corrected chi connectivity index (χ1v) is 12.8. The number of H-pyrrole nitrogens is 1. The quantitative estimate of drug-likeness (QED) is 0.459. The molecule has 1 fully saturated rings. The van der Waals surface area contributed by atoms with Crippen LogP contribution in [0, 0.1) is 11.8 Å². The number of methoxy groups -OCH3 is 1. The van der Waals surface area contributed by atoms with E-state index in [-0.39, 0.29) is 23.2 Å². The van der Waals surface area contributed by atoms with Gasteiger partial charge in [-0.3, -0.25) is 9.36 Å². The summed E-state index contributed by atoms with van der Waals surface area (Å²) in [5.41, 5.74) is 2.76. The Balaban J connectivity index is 1.35. The number of aromatic amines is 1. The molecule has 2 N–H and O–H groups in total. The minimum absolute atomic E-state index is 0.176. The summed E-state index contributed by atoms with van der Waals surface area (Å²) in [6, 6.07) is 10.3. The molecule has 7 nitrogen and oxygen atoms in total. The van der Waals surface area contributed by atoms with Gasteiger partial charge in [-0.2, -0.15) is 0 Å². The van der Waals surface area contributed by atoms with Gasteiger partial charge in [0.2, 0.25) is 0 Å². The fraction of sp³-hybridized carbons (Fsp3) is 0.423. The monoisotopic (exact) mass is 476 g/mol. The largest absolute Gasteiger partial charge is 0.496 e. The molecule has 0 saturated carbocycles. The molecular formula is C26H28N4O3S. The lowest BCUT2D eigenvalue weighted by Crippen LogP contribution is -2.43. The second-order valence-electron chi connectivity index (χ2n) is 9.45. The Bertz CT molecular complexity index is 1490. The van der Waals surface area contributed by atoms with Gasteiger partial charge in [-0.25, -0.2) is 9.78 Å². The topological polar surface area (TPSA) is 89.0 Å². The molecular weight excluding hydrogens is 448 g/mol. The number of ether oxygens (including phenoxy) is 1. The number of rotatable bonds is 5. The molecule has 1 aromatic carbocycles. The highest BCUT2D eigenvalue weighted by atomic mass is 32.1. The number of aryl methyl sites for hydroxylation is 1. The zero-order valence-corrected chi connectivity index (χ0v) is 20.2. The Morgan fingerprint density at radius 2 is 2.15 bits per heavy atom. The van der Waals surface area contributed by atoms with Crippen LogP contribution < -0.4 is 21.3 Å². The van der Waals surface area contributed by atoms with Crippen molar-refractivity contribution in [2.45, 2.75) is 44.7 Å². The molecule has 3 aromatic heterocycles. The lowest BCUT2D eigenvalue weighted by atomic mass is 9.71. The highest BCUT2D eigenvalue weighted by Crippen LogP contribution is 2.47. The third-order valence-corrected chi connectivity index (χ3v) is 8.98. The third kappa shape index (κ3) is 3.23. The maximum absolute atomic E-state index is 13.4. The summed E-state index contributed by atoms with van der Waals surface area (Å²) >= 11 is 1.35. The molecule has 8 heteroatoms. The minimum Gasteiger partial charge on any atom is -0.496 e. The summed E-state index contributed by atoms with van der Waals surface area (Å²) in [7, 11) is 1.74. The summed E-state index contributed by atoms with van der Waals surface area (Å²) in [5, 5.41) is 4.59. The standard InChI is InChI=1S/C26H28N4O3S/c1-3-14(21-16-10-9-15-6-4-8-19(33-2)20(15)18(16)12-28-21)13-30-25(31)23-22(29-26(30)32)17-7-5-11-27-24(17)34-23/h4-8,11,14,16,18,21,28H,3,9-10,12-13H2,1-2H3,(H,29,32)/t14?,16-,18-,21?/m1/s1. The van der Waals surface area contributed by atoms with Crippen LogP contribution in [-0.4, -0.2) is 34.2 Å². The zero-order chi connectivity index (χ0) is 23.4. The Hall–Kier alpha value is -2.97. The number of nitrogens with one attached hydrogen (secondary N) is 2. The average molecular weight is 477 g/mol. The predicted molar refractivity (Wildman–Crippen MR) is 135 cm³/mol. The van der Waals surface area contributed by atoms with Gasteiger partial charge in [-0.05, 0) is 48.4 Å². The molecule has 1 saturated heterocycles. The van der Waals surface area contributed by atoms with Crippen molar-refractivity contribution in [3.8, 4) is 5.75 Å². The first kappa shape index (κ1) is 21.6. The fourth-order valence-corrected chi connectivity index (χ4v) is 7.30. The Morgan fingerprint density at radius 3 is 2.97 bits per heavy atom. The summed E-state index contributed by atoms with van der Waals surface area (Å²) < 4.78 is 7.68. The van der Waals surface area contributed by atoms with E-state index in [9.17, 15) is 9.59 Å². The van der Waals surface area contributed by atoms with Crippen molar-refractivity contribution in [1.29, 1.82) is 0 Å². The summed E-state index contributed by atoms with van der Waals surface area (Å²) in [6.45, 7) is 3.45. The second kappa shape index (κ2) is 8.36. The first-order valence-electron chi connectivity index (χ1n) is 12.0. The maximum Gasteiger partial charge on any atom is 0.328 e. The van der Waals surface area contributed by atoms with Crippen LogP contribution in [0.1, 0.15) is 36.8 Å². The van der Waals surface area contributed by atoms with Crippen molar-refractivity contribution in [3.63, 3.8) is 0 Å². The molecule has 4 heterocycles. The molecule has 1 aliphatic carbocycles. The zero-order valence-electron chi connectivity index (χ0n) is 19.3. The van der Waals surface area contributed by atoms with E-state index in [1.165, 1.54) is 27.0 Å². The molecule has 0 spiro atoms. The van der Waals surface area contributed by atoms with E-state index in [1.54, 1.807) is 13.3 Å². The number of nitrogens with zero attached hydrogens (tertiary/aromatic N) is 2. The van der Waals surface area contributed by atoms with Gasteiger partial charge < -0.3 is 15.0 Å². The summed E-state index contributed by atoms with van der Waals surface area (Å²) in [4.78, 5) is 34.6. The molecule has 176 valence electrons. The van der Waals surface area contributed by atoms with E-state index in [4.69, 9.17) is 4.74 Å². The number of hydrogen-bond acceptors (Lipinski definition) is 6. The van der Waals surface area contributed by atoms with E-state index in [0.717, 1.165) is 41.8 Å². The average Bonchev–Trinajstić information content (AvgIpc) is 3.46. The minimum atomic E-state index is -0.343. The Morgan fingerprint density at radius 1 is 1.26 bits per heavy atom. The van der Waals surface area contributed by atoms with Gasteiger partial charge >= 0.3 is 5.69 Å². The van der Waals surface area contributed by atoms with Crippen LogP contribution in [0.15, 0.2) is 46.1 Å².